The van der Waals surface area contributed by atoms with Crippen molar-refractivity contribution < 1.29 is 14.3 Å². The minimum absolute atomic E-state index is 0.226. The second kappa shape index (κ2) is 10.6. The van der Waals surface area contributed by atoms with E-state index in [0.29, 0.717) is 27.8 Å². The summed E-state index contributed by atoms with van der Waals surface area (Å²) in [5.74, 6) is 0.789. The van der Waals surface area contributed by atoms with Crippen molar-refractivity contribution in [1.29, 1.82) is 0 Å². The fourth-order valence-electron chi connectivity index (χ4n) is 3.13. The summed E-state index contributed by atoms with van der Waals surface area (Å²) >= 11 is 5.85. The quantitative estimate of drug-likeness (QED) is 0.420. The molecule has 0 spiro atoms. The topological polar surface area (TPSA) is 95.9 Å². The van der Waals surface area contributed by atoms with Gasteiger partial charge in [-0.25, -0.2) is 4.98 Å². The van der Waals surface area contributed by atoms with Gasteiger partial charge < -0.3 is 20.3 Å². The maximum Gasteiger partial charge on any atom is 0.259 e. The lowest BCUT2D eigenvalue weighted by molar-refractivity contribution is 0.102. The van der Waals surface area contributed by atoms with E-state index in [0.717, 1.165) is 11.4 Å². The molecular weight excluding hydrogens is 442 g/mol. The molecule has 0 aliphatic carbocycles. The molecule has 0 radical (unpaired) electrons. The summed E-state index contributed by atoms with van der Waals surface area (Å²) in [5.41, 5.74) is 1.89. The average Bonchev–Trinajstić information content (AvgIpc) is 2.81. The molecule has 9 heteroatoms. The van der Waals surface area contributed by atoms with E-state index < -0.39 is 5.91 Å². The van der Waals surface area contributed by atoms with Gasteiger partial charge in [0.15, 0.2) is 0 Å². The van der Waals surface area contributed by atoms with Gasteiger partial charge in [0.25, 0.3) is 11.8 Å². The van der Waals surface area contributed by atoms with Crippen LogP contribution in [-0.2, 0) is 0 Å². The van der Waals surface area contributed by atoms with Gasteiger partial charge in [-0.1, -0.05) is 23.7 Å². The number of halogens is 1. The van der Waals surface area contributed by atoms with Crippen LogP contribution in [0.5, 0.6) is 5.75 Å². The van der Waals surface area contributed by atoms with Crippen LogP contribution in [0.3, 0.4) is 0 Å². The van der Waals surface area contributed by atoms with Crippen molar-refractivity contribution in [1.82, 2.24) is 9.88 Å². The van der Waals surface area contributed by atoms with Crippen molar-refractivity contribution in [2.24, 2.45) is 4.99 Å². The highest BCUT2D eigenvalue weighted by atomic mass is 35.5. The van der Waals surface area contributed by atoms with E-state index in [1.165, 1.54) is 13.3 Å². The number of aliphatic imine (C=N–C) groups is 1. The van der Waals surface area contributed by atoms with Gasteiger partial charge in [0.1, 0.15) is 17.4 Å². The van der Waals surface area contributed by atoms with Gasteiger partial charge in [0, 0.05) is 38.5 Å². The van der Waals surface area contributed by atoms with Crippen molar-refractivity contribution in [3.63, 3.8) is 0 Å². The van der Waals surface area contributed by atoms with Crippen molar-refractivity contribution in [2.75, 3.05) is 38.9 Å². The number of hydrogen-bond donors (Lipinski definition) is 2. The minimum atomic E-state index is -0.454. The number of hydrogen-bond acceptors (Lipinski definition) is 5. The lowest BCUT2D eigenvalue weighted by Crippen LogP contribution is -2.23. The predicted octanol–water partition coefficient (Wildman–Crippen LogP) is 4.19. The predicted molar refractivity (Wildman–Crippen MR) is 131 cm³/mol. The van der Waals surface area contributed by atoms with Crippen LogP contribution in [0.15, 0.2) is 65.8 Å². The van der Waals surface area contributed by atoms with Crippen molar-refractivity contribution >= 4 is 40.8 Å². The number of nitrogens with zero attached hydrogens (tertiary/aromatic N) is 3. The molecule has 1 heterocycles. The highest BCUT2D eigenvalue weighted by Gasteiger charge is 2.17. The van der Waals surface area contributed by atoms with E-state index in [2.05, 4.69) is 20.6 Å². The van der Waals surface area contributed by atoms with E-state index in [4.69, 9.17) is 16.3 Å². The number of methoxy groups -OCH3 is 1. The molecule has 2 N–H and O–H groups in total. The van der Waals surface area contributed by atoms with Crippen molar-refractivity contribution in [3.8, 4) is 5.75 Å². The van der Waals surface area contributed by atoms with Crippen LogP contribution in [0.1, 0.15) is 26.3 Å². The molecular formula is C24H24ClN5O3. The van der Waals surface area contributed by atoms with Crippen LogP contribution in [0.2, 0.25) is 5.02 Å². The Morgan fingerprint density at radius 1 is 0.970 bits per heavy atom. The zero-order valence-corrected chi connectivity index (χ0v) is 19.5. The minimum Gasteiger partial charge on any atom is -0.497 e. The highest BCUT2D eigenvalue weighted by Crippen LogP contribution is 2.24. The number of anilines is 2. The lowest BCUT2D eigenvalue weighted by atomic mass is 10.1. The number of ether oxygens (including phenoxy) is 1. The largest absolute Gasteiger partial charge is 0.497 e. The first-order valence-electron chi connectivity index (χ1n) is 9.99. The first kappa shape index (κ1) is 23.7. The number of pyridine rings is 1. The summed E-state index contributed by atoms with van der Waals surface area (Å²) in [6.45, 7) is 0. The molecule has 0 unspecified atom stereocenters. The van der Waals surface area contributed by atoms with E-state index in [9.17, 15) is 9.59 Å². The summed E-state index contributed by atoms with van der Waals surface area (Å²) in [6, 6.07) is 15.1. The van der Waals surface area contributed by atoms with Crippen LogP contribution in [0.25, 0.3) is 0 Å². The molecule has 0 aliphatic heterocycles. The molecule has 2 aromatic carbocycles. The van der Waals surface area contributed by atoms with Gasteiger partial charge >= 0.3 is 0 Å². The Morgan fingerprint density at radius 2 is 1.67 bits per heavy atom. The first-order valence-corrected chi connectivity index (χ1v) is 10.4. The molecule has 33 heavy (non-hydrogen) atoms. The van der Waals surface area contributed by atoms with Crippen LogP contribution < -0.4 is 15.4 Å². The first-order chi connectivity index (χ1) is 15.8. The van der Waals surface area contributed by atoms with Crippen LogP contribution in [-0.4, -0.2) is 55.8 Å². The van der Waals surface area contributed by atoms with Gasteiger partial charge in [-0.05, 0) is 42.5 Å². The fraction of sp³-hybridized carbons (Fsp3) is 0.167. The number of benzene rings is 2. The van der Waals surface area contributed by atoms with Gasteiger partial charge in [-0.2, -0.15) is 0 Å². The standard InChI is InChI=1S/C24H24ClN5O3/c1-26-22(30(2)3)15-5-7-16(8-6-15)23(31)28-20-11-10-18(33-4)13-19(20)24(32)29-21-12-9-17(25)14-27-21/h5-14H,1-4H3,(H,28,31)(H,27,29,32). The number of nitrogens with one attached hydrogen (secondary N) is 2. The third-order valence-corrected chi connectivity index (χ3v) is 4.95. The molecule has 2 amide bonds. The van der Waals surface area contributed by atoms with Crippen molar-refractivity contribution in [3.05, 3.63) is 82.5 Å². The Kier molecular flexibility index (Phi) is 7.63. The molecule has 0 bridgehead atoms. The second-order valence-electron chi connectivity index (χ2n) is 7.20. The molecule has 3 rings (SSSR count). The van der Waals surface area contributed by atoms with Gasteiger partial charge in [-0.15, -0.1) is 0 Å². The molecule has 0 atom stereocenters. The smallest absolute Gasteiger partial charge is 0.259 e. The van der Waals surface area contributed by atoms with Crippen molar-refractivity contribution in [2.45, 2.75) is 0 Å². The van der Waals surface area contributed by atoms with E-state index in [-0.39, 0.29) is 11.5 Å². The molecule has 1 aromatic heterocycles. The highest BCUT2D eigenvalue weighted by molar-refractivity contribution is 6.30. The Labute approximate surface area is 197 Å². The van der Waals surface area contributed by atoms with Gasteiger partial charge in [0.2, 0.25) is 0 Å². The maximum absolute atomic E-state index is 12.9. The van der Waals surface area contributed by atoms with E-state index in [1.54, 1.807) is 49.5 Å². The molecule has 3 aromatic rings. The number of aromatic nitrogens is 1. The molecule has 0 saturated heterocycles. The van der Waals surface area contributed by atoms with E-state index >= 15 is 0 Å². The summed E-state index contributed by atoms with van der Waals surface area (Å²) in [4.78, 5) is 36.0. The number of rotatable bonds is 6. The number of amidine groups is 1. The van der Waals surface area contributed by atoms with Crippen LogP contribution in [0, 0.1) is 0 Å². The zero-order chi connectivity index (χ0) is 24.0. The zero-order valence-electron chi connectivity index (χ0n) is 18.7. The normalized spacial score (nSPS) is 11.0. The Balaban J connectivity index is 1.83. The van der Waals surface area contributed by atoms with Crippen LogP contribution in [0.4, 0.5) is 11.5 Å². The molecule has 0 fully saturated rings. The van der Waals surface area contributed by atoms with Crippen LogP contribution >= 0.6 is 11.6 Å². The fourth-order valence-corrected chi connectivity index (χ4v) is 3.24. The maximum atomic E-state index is 12.9. The number of carbonyl (C=O) groups excluding carboxylic acids is 2. The molecule has 0 saturated carbocycles. The lowest BCUT2D eigenvalue weighted by Gasteiger charge is -2.16. The Hall–Kier alpha value is -3.91. The summed E-state index contributed by atoms with van der Waals surface area (Å²) in [7, 11) is 7.02. The molecule has 8 nitrogen and oxygen atoms in total. The Morgan fingerprint density at radius 3 is 2.24 bits per heavy atom. The summed E-state index contributed by atoms with van der Waals surface area (Å²) < 4.78 is 5.24. The Bertz CT molecular complexity index is 1180. The molecule has 0 aliphatic rings. The summed E-state index contributed by atoms with van der Waals surface area (Å²) in [5, 5.41) is 5.95. The average molecular weight is 466 g/mol. The number of amides is 2. The number of carbonyl (C=O) groups is 2. The third-order valence-electron chi connectivity index (χ3n) is 4.73. The van der Waals surface area contributed by atoms with Gasteiger partial charge in [-0.3, -0.25) is 14.6 Å². The summed E-state index contributed by atoms with van der Waals surface area (Å²) in [6.07, 6.45) is 1.43. The SMILES string of the molecule is CN=C(c1ccc(C(=O)Nc2ccc(OC)cc2C(=O)Nc2ccc(Cl)cn2)cc1)N(C)C. The second-order valence-corrected chi connectivity index (χ2v) is 7.64. The van der Waals surface area contributed by atoms with E-state index in [1.807, 2.05) is 31.1 Å². The monoisotopic (exact) mass is 465 g/mol. The van der Waals surface area contributed by atoms with Gasteiger partial charge in [0.05, 0.1) is 23.4 Å². The molecule has 170 valence electrons. The third kappa shape index (κ3) is 5.87.